The van der Waals surface area contributed by atoms with Crippen LogP contribution in [0.3, 0.4) is 0 Å². The SMILES string of the molecule is CC(C)C1([Si](C)(C)NC2CCCCC2)C=CC=C1. The van der Waals surface area contributed by atoms with Crippen LogP contribution >= 0.6 is 0 Å². The van der Waals surface area contributed by atoms with E-state index in [2.05, 4.69) is 56.2 Å². The molecule has 18 heavy (non-hydrogen) atoms. The Labute approximate surface area is 114 Å². The molecule has 1 N–H and O–H groups in total. The lowest BCUT2D eigenvalue weighted by Gasteiger charge is -2.46. The Morgan fingerprint density at radius 1 is 1.06 bits per heavy atom. The lowest BCUT2D eigenvalue weighted by Crippen LogP contribution is -2.59. The summed E-state index contributed by atoms with van der Waals surface area (Å²) in [6.07, 6.45) is 16.5. The fraction of sp³-hybridized carbons (Fsp3) is 0.750. The van der Waals surface area contributed by atoms with E-state index in [0.29, 0.717) is 11.0 Å². The van der Waals surface area contributed by atoms with E-state index in [4.69, 9.17) is 0 Å². The minimum atomic E-state index is -1.49. The molecule has 0 spiro atoms. The molecule has 0 unspecified atom stereocenters. The van der Waals surface area contributed by atoms with Crippen molar-refractivity contribution in [1.82, 2.24) is 4.98 Å². The van der Waals surface area contributed by atoms with Gasteiger partial charge in [-0.1, -0.05) is 70.5 Å². The predicted molar refractivity (Wildman–Crippen MR) is 83.3 cm³/mol. The summed E-state index contributed by atoms with van der Waals surface area (Å²) < 4.78 is 0. The molecule has 0 atom stereocenters. The van der Waals surface area contributed by atoms with Crippen LogP contribution in [0.2, 0.25) is 18.1 Å². The average Bonchev–Trinajstić information content (AvgIpc) is 2.80. The Bertz CT molecular complexity index is 323. The van der Waals surface area contributed by atoms with E-state index >= 15 is 0 Å². The standard InChI is InChI=1S/C16H29NSi/c1-14(2)16(12-8-9-13-16)18(3,4)17-15-10-6-5-7-11-15/h8-9,12-15,17H,5-7,10-11H2,1-4H3. The fourth-order valence-electron chi connectivity index (χ4n) is 3.89. The van der Waals surface area contributed by atoms with Crippen LogP contribution in [-0.2, 0) is 0 Å². The van der Waals surface area contributed by atoms with Crippen LogP contribution in [0.15, 0.2) is 24.3 Å². The normalized spacial score (nSPS) is 24.1. The largest absolute Gasteiger partial charge is 0.334 e. The summed E-state index contributed by atoms with van der Waals surface area (Å²) in [5.41, 5.74) is 0. The van der Waals surface area contributed by atoms with E-state index < -0.39 is 8.24 Å². The second-order valence-corrected chi connectivity index (χ2v) is 11.3. The van der Waals surface area contributed by atoms with Crippen molar-refractivity contribution in [2.45, 2.75) is 70.1 Å². The predicted octanol–water partition coefficient (Wildman–Crippen LogP) is 4.64. The van der Waals surface area contributed by atoms with Crippen LogP contribution in [0.25, 0.3) is 0 Å². The summed E-state index contributed by atoms with van der Waals surface area (Å²) >= 11 is 0. The van der Waals surface area contributed by atoms with Crippen molar-refractivity contribution in [3.8, 4) is 0 Å². The van der Waals surface area contributed by atoms with Crippen molar-refractivity contribution >= 4 is 8.24 Å². The molecule has 0 heterocycles. The first-order chi connectivity index (χ1) is 8.48. The number of rotatable bonds is 4. The van der Waals surface area contributed by atoms with Gasteiger partial charge in [0.05, 0.1) is 0 Å². The maximum absolute atomic E-state index is 4.10. The van der Waals surface area contributed by atoms with E-state index in [-0.39, 0.29) is 0 Å². The molecule has 1 fully saturated rings. The van der Waals surface area contributed by atoms with Gasteiger partial charge in [-0.2, -0.15) is 0 Å². The van der Waals surface area contributed by atoms with Gasteiger partial charge in [-0.05, 0) is 18.8 Å². The Balaban J connectivity index is 2.13. The van der Waals surface area contributed by atoms with Crippen molar-refractivity contribution < 1.29 is 0 Å². The van der Waals surface area contributed by atoms with Crippen molar-refractivity contribution in [3.05, 3.63) is 24.3 Å². The molecule has 2 aliphatic carbocycles. The number of hydrogen-bond donors (Lipinski definition) is 1. The Kier molecular flexibility index (Phi) is 4.17. The summed E-state index contributed by atoms with van der Waals surface area (Å²) in [5.74, 6) is 0.685. The van der Waals surface area contributed by atoms with Gasteiger partial charge in [0.15, 0.2) is 0 Å². The molecule has 2 heteroatoms. The number of hydrogen-bond acceptors (Lipinski definition) is 1. The zero-order chi connectivity index (χ0) is 13.2. The maximum atomic E-state index is 4.10. The van der Waals surface area contributed by atoms with Gasteiger partial charge in [0, 0.05) is 11.1 Å². The fourth-order valence-corrected chi connectivity index (χ4v) is 7.92. The molecule has 0 saturated heterocycles. The molecule has 0 radical (unpaired) electrons. The van der Waals surface area contributed by atoms with Gasteiger partial charge in [0.25, 0.3) is 0 Å². The van der Waals surface area contributed by atoms with Gasteiger partial charge >= 0.3 is 0 Å². The molecule has 2 aliphatic rings. The van der Waals surface area contributed by atoms with E-state index in [1.165, 1.54) is 32.1 Å². The third kappa shape index (κ3) is 2.50. The first-order valence-corrected chi connectivity index (χ1v) is 10.6. The van der Waals surface area contributed by atoms with E-state index in [1.54, 1.807) is 0 Å². The van der Waals surface area contributed by atoms with Crippen LogP contribution in [0.5, 0.6) is 0 Å². The first-order valence-electron chi connectivity index (χ1n) is 7.63. The highest BCUT2D eigenvalue weighted by Crippen LogP contribution is 2.49. The van der Waals surface area contributed by atoms with Crippen molar-refractivity contribution in [1.29, 1.82) is 0 Å². The summed E-state index contributed by atoms with van der Waals surface area (Å²) in [6, 6.07) is 0.776. The first kappa shape index (κ1) is 14.1. The lowest BCUT2D eigenvalue weighted by atomic mass is 9.96. The average molecular weight is 264 g/mol. The highest BCUT2D eigenvalue weighted by molar-refractivity contribution is 6.79. The molecule has 0 aromatic carbocycles. The minimum Gasteiger partial charge on any atom is -0.334 e. The highest BCUT2D eigenvalue weighted by atomic mass is 28.3. The maximum Gasteiger partial charge on any atom is 0.133 e. The molecule has 1 saturated carbocycles. The third-order valence-electron chi connectivity index (χ3n) is 5.06. The minimum absolute atomic E-state index is 0.310. The summed E-state index contributed by atoms with van der Waals surface area (Å²) in [4.78, 5) is 4.10. The lowest BCUT2D eigenvalue weighted by molar-refractivity contribution is 0.406. The molecule has 0 bridgehead atoms. The second kappa shape index (κ2) is 5.34. The Morgan fingerprint density at radius 3 is 2.11 bits per heavy atom. The second-order valence-electron chi connectivity index (χ2n) is 6.91. The van der Waals surface area contributed by atoms with Crippen molar-refractivity contribution in [3.63, 3.8) is 0 Å². The van der Waals surface area contributed by atoms with Gasteiger partial charge in [0.1, 0.15) is 8.24 Å². The van der Waals surface area contributed by atoms with E-state index in [9.17, 15) is 0 Å². The van der Waals surface area contributed by atoms with Crippen LogP contribution in [0, 0.1) is 5.92 Å². The van der Waals surface area contributed by atoms with Crippen molar-refractivity contribution in [2.75, 3.05) is 0 Å². The molecular weight excluding hydrogens is 234 g/mol. The van der Waals surface area contributed by atoms with Crippen LogP contribution in [0.4, 0.5) is 0 Å². The Hall–Kier alpha value is -0.343. The molecule has 1 nitrogen and oxygen atoms in total. The smallest absolute Gasteiger partial charge is 0.133 e. The molecule has 0 aromatic rings. The molecule has 102 valence electrons. The number of allylic oxidation sites excluding steroid dienone is 4. The molecule has 0 aliphatic heterocycles. The van der Waals surface area contributed by atoms with Crippen LogP contribution in [-0.4, -0.2) is 14.3 Å². The number of nitrogens with one attached hydrogen (secondary N) is 1. The zero-order valence-electron chi connectivity index (χ0n) is 12.5. The van der Waals surface area contributed by atoms with Crippen LogP contribution < -0.4 is 4.98 Å². The molecular formula is C16H29NSi. The monoisotopic (exact) mass is 263 g/mol. The molecule has 0 amide bonds. The Morgan fingerprint density at radius 2 is 1.61 bits per heavy atom. The highest BCUT2D eigenvalue weighted by Gasteiger charge is 2.47. The molecule has 2 rings (SSSR count). The van der Waals surface area contributed by atoms with E-state index in [1.807, 2.05) is 0 Å². The topological polar surface area (TPSA) is 12.0 Å². The van der Waals surface area contributed by atoms with Crippen LogP contribution in [0.1, 0.15) is 46.0 Å². The summed E-state index contributed by atoms with van der Waals surface area (Å²) in [5, 5.41) is 0.310. The van der Waals surface area contributed by atoms with Gasteiger partial charge < -0.3 is 4.98 Å². The van der Waals surface area contributed by atoms with Gasteiger partial charge in [0.2, 0.25) is 0 Å². The van der Waals surface area contributed by atoms with E-state index in [0.717, 1.165) is 6.04 Å². The van der Waals surface area contributed by atoms with Gasteiger partial charge in [-0.15, -0.1) is 0 Å². The summed E-state index contributed by atoms with van der Waals surface area (Å²) in [6.45, 7) is 9.78. The van der Waals surface area contributed by atoms with Gasteiger partial charge in [-0.25, -0.2) is 0 Å². The quantitative estimate of drug-likeness (QED) is 0.729. The molecule has 0 aromatic heterocycles. The third-order valence-corrected chi connectivity index (χ3v) is 9.27. The van der Waals surface area contributed by atoms with Crippen molar-refractivity contribution in [2.24, 2.45) is 5.92 Å². The summed E-state index contributed by atoms with van der Waals surface area (Å²) in [7, 11) is -1.49. The van der Waals surface area contributed by atoms with Gasteiger partial charge in [-0.3, -0.25) is 0 Å². The zero-order valence-corrected chi connectivity index (χ0v) is 13.5.